The van der Waals surface area contributed by atoms with Gasteiger partial charge in [-0.05, 0) is 54.0 Å². The molecule has 0 saturated heterocycles. The zero-order valence-corrected chi connectivity index (χ0v) is 13.3. The largest absolute Gasteiger partial charge is 0.309 e. The van der Waals surface area contributed by atoms with Crippen LogP contribution >= 0.6 is 0 Å². The molecule has 1 heteroatoms. The number of hydrogen-bond donors (Lipinski definition) is 1. The lowest BCUT2D eigenvalue weighted by atomic mass is 9.85. The summed E-state index contributed by atoms with van der Waals surface area (Å²) < 4.78 is 0. The van der Waals surface area contributed by atoms with E-state index in [0.717, 1.165) is 13.0 Å². The quantitative estimate of drug-likeness (QED) is 0.872. The van der Waals surface area contributed by atoms with Gasteiger partial charge in [-0.2, -0.15) is 0 Å². The van der Waals surface area contributed by atoms with Gasteiger partial charge < -0.3 is 5.32 Å². The summed E-state index contributed by atoms with van der Waals surface area (Å²) in [6.45, 7) is 7.98. The van der Waals surface area contributed by atoms with Crippen molar-refractivity contribution in [1.29, 1.82) is 0 Å². The first-order valence-electron chi connectivity index (χ1n) is 7.93. The molecular weight excluding hydrogens is 254 g/mol. The third-order valence-electron chi connectivity index (χ3n) is 4.80. The van der Waals surface area contributed by atoms with Gasteiger partial charge in [0.1, 0.15) is 0 Å². The standard InChI is InChI=1S/C20H25N/c1-15-8-4-5-9-16(15)12-13-21-19-18-11-7-6-10-17(18)14-20(19,2)3/h4-11,19,21H,12-14H2,1-3H3. The van der Waals surface area contributed by atoms with Gasteiger partial charge in [-0.3, -0.25) is 0 Å². The van der Waals surface area contributed by atoms with Crippen LogP contribution in [0.4, 0.5) is 0 Å². The molecule has 0 spiro atoms. The molecule has 1 aliphatic rings. The van der Waals surface area contributed by atoms with E-state index in [2.05, 4.69) is 74.6 Å². The number of benzene rings is 2. The molecule has 110 valence electrons. The summed E-state index contributed by atoms with van der Waals surface area (Å²) in [6, 6.07) is 18.0. The highest BCUT2D eigenvalue weighted by Gasteiger charge is 2.37. The molecule has 3 rings (SSSR count). The van der Waals surface area contributed by atoms with E-state index in [4.69, 9.17) is 0 Å². The molecule has 0 bridgehead atoms. The monoisotopic (exact) mass is 279 g/mol. The van der Waals surface area contributed by atoms with E-state index in [-0.39, 0.29) is 0 Å². The van der Waals surface area contributed by atoms with Gasteiger partial charge in [-0.25, -0.2) is 0 Å². The van der Waals surface area contributed by atoms with Crippen LogP contribution in [0.5, 0.6) is 0 Å². The van der Waals surface area contributed by atoms with Crippen LogP contribution in [0.2, 0.25) is 0 Å². The van der Waals surface area contributed by atoms with Crippen LogP contribution < -0.4 is 5.32 Å². The van der Waals surface area contributed by atoms with Crippen molar-refractivity contribution in [2.75, 3.05) is 6.54 Å². The molecule has 0 amide bonds. The van der Waals surface area contributed by atoms with E-state index in [9.17, 15) is 0 Å². The summed E-state index contributed by atoms with van der Waals surface area (Å²) >= 11 is 0. The van der Waals surface area contributed by atoms with Gasteiger partial charge in [-0.1, -0.05) is 62.4 Å². The molecule has 0 heterocycles. The van der Waals surface area contributed by atoms with E-state index in [1.807, 2.05) is 0 Å². The molecule has 1 aliphatic carbocycles. The minimum absolute atomic E-state index is 0.301. The molecule has 1 N–H and O–H groups in total. The maximum atomic E-state index is 3.80. The lowest BCUT2D eigenvalue weighted by molar-refractivity contribution is 0.271. The third kappa shape index (κ3) is 2.89. The molecule has 0 aliphatic heterocycles. The minimum Gasteiger partial charge on any atom is -0.309 e. The first-order chi connectivity index (χ1) is 10.1. The Bertz CT molecular complexity index is 627. The Labute approximate surface area is 128 Å². The van der Waals surface area contributed by atoms with Crippen molar-refractivity contribution in [3.63, 3.8) is 0 Å². The summed E-state index contributed by atoms with van der Waals surface area (Å²) in [6.07, 6.45) is 2.27. The van der Waals surface area contributed by atoms with Crippen LogP contribution in [0.1, 0.15) is 42.1 Å². The predicted octanol–water partition coefficient (Wildman–Crippen LogP) is 4.45. The van der Waals surface area contributed by atoms with Crippen LogP contribution in [0, 0.1) is 12.3 Å². The lowest BCUT2D eigenvalue weighted by Gasteiger charge is -2.29. The van der Waals surface area contributed by atoms with E-state index >= 15 is 0 Å². The lowest BCUT2D eigenvalue weighted by Crippen LogP contribution is -2.32. The van der Waals surface area contributed by atoms with Crippen LogP contribution in [-0.4, -0.2) is 6.54 Å². The summed E-state index contributed by atoms with van der Waals surface area (Å²) in [5, 5.41) is 3.80. The topological polar surface area (TPSA) is 12.0 Å². The van der Waals surface area contributed by atoms with Crippen LogP contribution in [0.25, 0.3) is 0 Å². The van der Waals surface area contributed by atoms with Gasteiger partial charge in [0.2, 0.25) is 0 Å². The average molecular weight is 279 g/mol. The van der Waals surface area contributed by atoms with Crippen LogP contribution in [-0.2, 0) is 12.8 Å². The fraction of sp³-hybridized carbons (Fsp3) is 0.400. The van der Waals surface area contributed by atoms with E-state index in [1.165, 1.54) is 28.7 Å². The predicted molar refractivity (Wildman–Crippen MR) is 89.6 cm³/mol. The van der Waals surface area contributed by atoms with Crippen molar-refractivity contribution in [2.45, 2.75) is 39.7 Å². The highest BCUT2D eigenvalue weighted by atomic mass is 14.9. The number of aryl methyl sites for hydroxylation is 1. The maximum Gasteiger partial charge on any atom is 0.0377 e. The van der Waals surface area contributed by atoms with Crippen molar-refractivity contribution in [3.05, 3.63) is 70.8 Å². The molecular formula is C20H25N. The van der Waals surface area contributed by atoms with Crippen molar-refractivity contribution in [1.82, 2.24) is 5.32 Å². The number of hydrogen-bond acceptors (Lipinski definition) is 1. The van der Waals surface area contributed by atoms with Gasteiger partial charge in [0.15, 0.2) is 0 Å². The first-order valence-corrected chi connectivity index (χ1v) is 7.93. The first kappa shape index (κ1) is 14.3. The molecule has 2 aromatic rings. The van der Waals surface area contributed by atoms with Crippen molar-refractivity contribution < 1.29 is 0 Å². The molecule has 2 aromatic carbocycles. The number of rotatable bonds is 4. The number of nitrogens with one attached hydrogen (secondary N) is 1. The van der Waals surface area contributed by atoms with Crippen molar-refractivity contribution in [2.24, 2.45) is 5.41 Å². The zero-order chi connectivity index (χ0) is 14.9. The van der Waals surface area contributed by atoms with Crippen LogP contribution in [0.3, 0.4) is 0 Å². The highest BCUT2D eigenvalue weighted by molar-refractivity contribution is 5.37. The summed E-state index contributed by atoms with van der Waals surface area (Å²) in [5.74, 6) is 0. The second-order valence-corrected chi connectivity index (χ2v) is 6.93. The number of fused-ring (bicyclic) bond motifs is 1. The molecule has 0 aromatic heterocycles. The Balaban J connectivity index is 1.69. The van der Waals surface area contributed by atoms with Gasteiger partial charge in [0, 0.05) is 6.04 Å². The molecule has 0 saturated carbocycles. The summed E-state index contributed by atoms with van der Waals surface area (Å²) in [4.78, 5) is 0. The van der Waals surface area contributed by atoms with Crippen LogP contribution in [0.15, 0.2) is 48.5 Å². The van der Waals surface area contributed by atoms with E-state index in [0.29, 0.717) is 11.5 Å². The zero-order valence-electron chi connectivity index (χ0n) is 13.3. The Morgan fingerprint density at radius 1 is 1.05 bits per heavy atom. The maximum absolute atomic E-state index is 3.80. The molecule has 1 atom stereocenters. The van der Waals surface area contributed by atoms with Gasteiger partial charge in [0.05, 0.1) is 0 Å². The normalized spacial score (nSPS) is 19.5. The Kier molecular flexibility index (Phi) is 3.86. The van der Waals surface area contributed by atoms with Crippen molar-refractivity contribution in [3.8, 4) is 0 Å². The summed E-state index contributed by atoms with van der Waals surface area (Å²) in [5.41, 5.74) is 6.15. The minimum atomic E-state index is 0.301. The third-order valence-corrected chi connectivity index (χ3v) is 4.80. The Morgan fingerprint density at radius 3 is 2.57 bits per heavy atom. The average Bonchev–Trinajstić information content (AvgIpc) is 2.71. The van der Waals surface area contributed by atoms with Crippen molar-refractivity contribution >= 4 is 0 Å². The summed E-state index contributed by atoms with van der Waals surface area (Å²) in [7, 11) is 0. The Morgan fingerprint density at radius 2 is 1.76 bits per heavy atom. The van der Waals surface area contributed by atoms with Gasteiger partial charge >= 0.3 is 0 Å². The van der Waals surface area contributed by atoms with Gasteiger partial charge in [0.25, 0.3) is 0 Å². The van der Waals surface area contributed by atoms with Gasteiger partial charge in [-0.15, -0.1) is 0 Å². The molecule has 1 unspecified atom stereocenters. The smallest absolute Gasteiger partial charge is 0.0377 e. The van der Waals surface area contributed by atoms with E-state index < -0.39 is 0 Å². The molecule has 0 radical (unpaired) electrons. The molecule has 21 heavy (non-hydrogen) atoms. The molecule has 1 nitrogen and oxygen atoms in total. The highest BCUT2D eigenvalue weighted by Crippen LogP contribution is 2.44. The fourth-order valence-electron chi connectivity index (χ4n) is 3.62. The van der Waals surface area contributed by atoms with E-state index in [1.54, 1.807) is 0 Å². The second kappa shape index (κ2) is 5.65. The second-order valence-electron chi connectivity index (χ2n) is 6.93. The Hall–Kier alpha value is -1.60. The molecule has 0 fully saturated rings. The SMILES string of the molecule is Cc1ccccc1CCNC1c2ccccc2CC1(C)C. The fourth-order valence-corrected chi connectivity index (χ4v) is 3.62.